The predicted molar refractivity (Wildman–Crippen MR) is 55.2 cm³/mol. The van der Waals surface area contributed by atoms with Gasteiger partial charge < -0.3 is 9.84 Å². The van der Waals surface area contributed by atoms with Crippen LogP contribution in [-0.2, 0) is 4.74 Å². The molecule has 0 unspecified atom stereocenters. The zero-order valence-electron chi connectivity index (χ0n) is 8.98. The summed E-state index contributed by atoms with van der Waals surface area (Å²) in [5.74, 6) is 0. The minimum atomic E-state index is -0.0903. The van der Waals surface area contributed by atoms with E-state index in [1.807, 2.05) is 0 Å². The zero-order valence-corrected chi connectivity index (χ0v) is 8.98. The smallest absolute Gasteiger partial charge is 0.0695 e. The van der Waals surface area contributed by atoms with Gasteiger partial charge in [0.2, 0.25) is 0 Å². The molecule has 0 radical (unpaired) electrons. The summed E-state index contributed by atoms with van der Waals surface area (Å²) >= 11 is 0. The van der Waals surface area contributed by atoms with Crippen LogP contribution >= 0.6 is 0 Å². The molecule has 2 atom stereocenters. The van der Waals surface area contributed by atoms with Crippen LogP contribution in [0, 0.1) is 0 Å². The van der Waals surface area contributed by atoms with Gasteiger partial charge in [-0.25, -0.2) is 0 Å². The molecule has 2 rings (SSSR count). The van der Waals surface area contributed by atoms with Crippen LogP contribution in [0.1, 0.15) is 32.1 Å². The fraction of sp³-hybridized carbons (Fsp3) is 1.00. The maximum Gasteiger partial charge on any atom is 0.0695 e. The van der Waals surface area contributed by atoms with E-state index in [1.165, 1.54) is 25.7 Å². The lowest BCUT2D eigenvalue weighted by atomic mass is 10.1. The first-order valence-corrected chi connectivity index (χ1v) is 5.75. The summed E-state index contributed by atoms with van der Waals surface area (Å²) in [7, 11) is 1.75. The molecule has 3 heteroatoms. The Balaban J connectivity index is 1.88. The van der Waals surface area contributed by atoms with Crippen LogP contribution in [0.3, 0.4) is 0 Å². The molecule has 2 aliphatic rings. The Morgan fingerprint density at radius 1 is 1.29 bits per heavy atom. The first-order chi connectivity index (χ1) is 6.83. The molecule has 2 aliphatic carbocycles. The van der Waals surface area contributed by atoms with E-state index in [2.05, 4.69) is 4.90 Å². The lowest BCUT2D eigenvalue weighted by Crippen LogP contribution is -2.43. The maximum atomic E-state index is 9.85. The largest absolute Gasteiger partial charge is 0.391 e. The van der Waals surface area contributed by atoms with Gasteiger partial charge in [-0.05, 0) is 32.1 Å². The quantitative estimate of drug-likeness (QED) is 0.717. The van der Waals surface area contributed by atoms with Crippen LogP contribution in [0.25, 0.3) is 0 Å². The zero-order chi connectivity index (χ0) is 9.97. The summed E-state index contributed by atoms with van der Waals surface area (Å²) in [5, 5.41) is 9.85. The van der Waals surface area contributed by atoms with Gasteiger partial charge in [-0.15, -0.1) is 0 Å². The Hall–Kier alpha value is -0.120. The van der Waals surface area contributed by atoms with Gasteiger partial charge in [0, 0.05) is 25.7 Å². The van der Waals surface area contributed by atoms with Crippen molar-refractivity contribution in [2.75, 3.05) is 20.3 Å². The Kier molecular flexibility index (Phi) is 3.42. The highest BCUT2D eigenvalue weighted by Crippen LogP contribution is 2.34. The van der Waals surface area contributed by atoms with Crippen molar-refractivity contribution in [1.29, 1.82) is 0 Å². The van der Waals surface area contributed by atoms with Crippen molar-refractivity contribution in [2.24, 2.45) is 0 Å². The molecule has 0 aromatic carbocycles. The highest BCUT2D eigenvalue weighted by atomic mass is 16.5. The minimum absolute atomic E-state index is 0.0903. The summed E-state index contributed by atoms with van der Waals surface area (Å²) in [5.41, 5.74) is 0. The van der Waals surface area contributed by atoms with E-state index in [1.54, 1.807) is 7.11 Å². The van der Waals surface area contributed by atoms with E-state index in [-0.39, 0.29) is 6.10 Å². The average Bonchev–Trinajstić information content (AvgIpc) is 2.92. The van der Waals surface area contributed by atoms with E-state index in [9.17, 15) is 5.11 Å². The SMILES string of the molecule is COCCN(C1CC1)[C@H]1CCC[C@@H]1O. The topological polar surface area (TPSA) is 32.7 Å². The summed E-state index contributed by atoms with van der Waals surface area (Å²) < 4.78 is 5.12. The number of methoxy groups -OCH3 is 1. The molecular formula is C11H21NO2. The molecule has 2 fully saturated rings. The third-order valence-electron chi connectivity index (χ3n) is 3.44. The first-order valence-electron chi connectivity index (χ1n) is 5.75. The van der Waals surface area contributed by atoms with Crippen molar-refractivity contribution >= 4 is 0 Å². The molecule has 3 nitrogen and oxygen atoms in total. The van der Waals surface area contributed by atoms with Gasteiger partial charge in [-0.3, -0.25) is 4.90 Å². The Morgan fingerprint density at radius 2 is 2.07 bits per heavy atom. The van der Waals surface area contributed by atoms with Crippen molar-refractivity contribution in [1.82, 2.24) is 4.90 Å². The predicted octanol–water partition coefficient (Wildman–Crippen LogP) is 1.01. The van der Waals surface area contributed by atoms with Gasteiger partial charge in [0.05, 0.1) is 12.7 Å². The number of aliphatic hydroxyl groups is 1. The summed E-state index contributed by atoms with van der Waals surface area (Å²) in [6.07, 6.45) is 5.87. The average molecular weight is 199 g/mol. The lowest BCUT2D eigenvalue weighted by molar-refractivity contribution is 0.0470. The van der Waals surface area contributed by atoms with Crippen molar-refractivity contribution < 1.29 is 9.84 Å². The Morgan fingerprint density at radius 3 is 2.57 bits per heavy atom. The van der Waals surface area contributed by atoms with E-state index in [4.69, 9.17) is 4.74 Å². The summed E-state index contributed by atoms with van der Waals surface area (Å²) in [6.45, 7) is 1.78. The molecule has 0 aromatic rings. The second kappa shape index (κ2) is 4.60. The molecule has 0 aromatic heterocycles. The summed E-state index contributed by atoms with van der Waals surface area (Å²) in [4.78, 5) is 2.47. The van der Waals surface area contributed by atoms with Crippen LogP contribution in [0.2, 0.25) is 0 Å². The third-order valence-corrected chi connectivity index (χ3v) is 3.44. The second-order valence-corrected chi connectivity index (χ2v) is 4.53. The molecule has 2 saturated carbocycles. The number of aliphatic hydroxyl groups excluding tert-OH is 1. The van der Waals surface area contributed by atoms with Crippen LogP contribution in [-0.4, -0.2) is 48.5 Å². The Bertz CT molecular complexity index is 182. The molecule has 1 N–H and O–H groups in total. The monoisotopic (exact) mass is 199 g/mol. The van der Waals surface area contributed by atoms with Gasteiger partial charge in [-0.2, -0.15) is 0 Å². The second-order valence-electron chi connectivity index (χ2n) is 4.53. The molecule has 0 bridgehead atoms. The summed E-state index contributed by atoms with van der Waals surface area (Å²) in [6, 6.07) is 1.15. The van der Waals surface area contributed by atoms with Crippen molar-refractivity contribution in [3.8, 4) is 0 Å². The van der Waals surface area contributed by atoms with Crippen LogP contribution < -0.4 is 0 Å². The van der Waals surface area contributed by atoms with Gasteiger partial charge in [0.25, 0.3) is 0 Å². The standard InChI is InChI=1S/C11H21NO2/c1-14-8-7-12(9-5-6-9)10-3-2-4-11(10)13/h9-11,13H,2-8H2,1H3/t10-,11-/m0/s1. The minimum Gasteiger partial charge on any atom is -0.391 e. The molecule has 0 saturated heterocycles. The fourth-order valence-corrected chi connectivity index (χ4v) is 2.53. The number of hydrogen-bond acceptors (Lipinski definition) is 3. The van der Waals surface area contributed by atoms with Gasteiger partial charge in [-0.1, -0.05) is 0 Å². The Labute approximate surface area is 86.0 Å². The molecule has 14 heavy (non-hydrogen) atoms. The van der Waals surface area contributed by atoms with Crippen molar-refractivity contribution in [3.63, 3.8) is 0 Å². The number of ether oxygens (including phenoxy) is 1. The number of rotatable bonds is 5. The van der Waals surface area contributed by atoms with Crippen molar-refractivity contribution in [3.05, 3.63) is 0 Å². The third kappa shape index (κ3) is 2.27. The maximum absolute atomic E-state index is 9.85. The van der Waals surface area contributed by atoms with Gasteiger partial charge in [0.15, 0.2) is 0 Å². The number of nitrogens with zero attached hydrogens (tertiary/aromatic N) is 1. The normalized spacial score (nSPS) is 32.8. The molecule has 0 amide bonds. The van der Waals surface area contributed by atoms with Crippen LogP contribution in [0.4, 0.5) is 0 Å². The first kappa shape index (κ1) is 10.4. The molecule has 0 heterocycles. The van der Waals surface area contributed by atoms with E-state index in [0.717, 1.165) is 25.6 Å². The van der Waals surface area contributed by atoms with E-state index < -0.39 is 0 Å². The van der Waals surface area contributed by atoms with Crippen molar-refractivity contribution in [2.45, 2.75) is 50.3 Å². The molecular weight excluding hydrogens is 178 g/mol. The lowest BCUT2D eigenvalue weighted by Gasteiger charge is -2.30. The van der Waals surface area contributed by atoms with E-state index in [0.29, 0.717) is 6.04 Å². The molecule has 0 aliphatic heterocycles. The highest BCUT2D eigenvalue weighted by molar-refractivity contribution is 4.93. The van der Waals surface area contributed by atoms with E-state index >= 15 is 0 Å². The van der Waals surface area contributed by atoms with Gasteiger partial charge in [0.1, 0.15) is 0 Å². The van der Waals surface area contributed by atoms with Crippen LogP contribution in [0.15, 0.2) is 0 Å². The molecule has 0 spiro atoms. The van der Waals surface area contributed by atoms with Gasteiger partial charge >= 0.3 is 0 Å². The number of hydrogen-bond donors (Lipinski definition) is 1. The highest BCUT2D eigenvalue weighted by Gasteiger charge is 2.38. The fourth-order valence-electron chi connectivity index (χ4n) is 2.53. The van der Waals surface area contributed by atoms with Crippen LogP contribution in [0.5, 0.6) is 0 Å². The molecule has 82 valence electrons.